The van der Waals surface area contributed by atoms with Crippen molar-refractivity contribution >= 4 is 29.1 Å². The molecule has 1 aliphatic rings. The summed E-state index contributed by atoms with van der Waals surface area (Å²) in [5, 5.41) is 9.24. The van der Waals surface area contributed by atoms with Crippen molar-refractivity contribution in [3.8, 4) is 0 Å². The molecule has 0 fully saturated rings. The molecule has 1 aliphatic heterocycles. The fourth-order valence-electron chi connectivity index (χ4n) is 1.91. The summed E-state index contributed by atoms with van der Waals surface area (Å²) in [6, 6.07) is 6.35. The van der Waals surface area contributed by atoms with Crippen LogP contribution in [-0.4, -0.2) is 29.5 Å². The molecule has 0 bridgehead atoms. The highest BCUT2D eigenvalue weighted by atomic mass is 16.2. The van der Waals surface area contributed by atoms with E-state index >= 15 is 0 Å². The minimum Gasteiger partial charge on any atom is -0.328 e. The lowest BCUT2D eigenvalue weighted by molar-refractivity contribution is -0.134. The molecular formula is C14H16N4O3. The maximum atomic E-state index is 11.5. The van der Waals surface area contributed by atoms with Crippen LogP contribution in [0.2, 0.25) is 0 Å². The average Bonchev–Trinajstić information content (AvgIpc) is 2.47. The lowest BCUT2D eigenvalue weighted by atomic mass is 10.0. The van der Waals surface area contributed by atoms with E-state index in [0.717, 1.165) is 5.56 Å². The summed E-state index contributed by atoms with van der Waals surface area (Å²) in [7, 11) is 0. The van der Waals surface area contributed by atoms with Gasteiger partial charge in [-0.05, 0) is 19.1 Å². The summed E-state index contributed by atoms with van der Waals surface area (Å²) in [4.78, 5) is 33.8. The highest BCUT2D eigenvalue weighted by Crippen LogP contribution is 2.13. The number of nitrogens with zero attached hydrogens (tertiary/aromatic N) is 1. The summed E-state index contributed by atoms with van der Waals surface area (Å²) < 4.78 is 0. The largest absolute Gasteiger partial charge is 0.335 e. The number of Topliss-reactive ketones (excluding diaryl/α,β-unsaturated/α-hetero) is 1. The van der Waals surface area contributed by atoms with Crippen LogP contribution in [0.4, 0.5) is 10.5 Å². The number of benzene rings is 1. The zero-order valence-electron chi connectivity index (χ0n) is 11.8. The van der Waals surface area contributed by atoms with E-state index in [-0.39, 0.29) is 18.5 Å². The summed E-state index contributed by atoms with van der Waals surface area (Å²) >= 11 is 0. The number of anilines is 1. The highest BCUT2D eigenvalue weighted by Gasteiger charge is 2.20. The Morgan fingerprint density at radius 3 is 2.52 bits per heavy atom. The Labute approximate surface area is 121 Å². The number of ketones is 1. The van der Waals surface area contributed by atoms with Crippen LogP contribution < -0.4 is 16.1 Å². The first kappa shape index (κ1) is 14.7. The van der Waals surface area contributed by atoms with Crippen molar-refractivity contribution in [1.82, 2.24) is 10.7 Å². The third-order valence-electron chi connectivity index (χ3n) is 3.05. The molecule has 1 heterocycles. The van der Waals surface area contributed by atoms with Gasteiger partial charge in [-0.2, -0.15) is 5.10 Å². The van der Waals surface area contributed by atoms with Gasteiger partial charge >= 0.3 is 6.03 Å². The predicted molar refractivity (Wildman–Crippen MR) is 78.0 cm³/mol. The number of rotatable bonds is 4. The van der Waals surface area contributed by atoms with Gasteiger partial charge in [0, 0.05) is 17.7 Å². The van der Waals surface area contributed by atoms with E-state index in [9.17, 15) is 14.4 Å². The summed E-state index contributed by atoms with van der Waals surface area (Å²) in [5.41, 5.74) is 4.39. The topological polar surface area (TPSA) is 99.7 Å². The zero-order chi connectivity index (χ0) is 15.4. The fraction of sp³-hybridized carbons (Fsp3) is 0.286. The lowest BCUT2D eigenvalue weighted by Crippen LogP contribution is -2.48. The second-order valence-electron chi connectivity index (χ2n) is 4.61. The van der Waals surface area contributed by atoms with Gasteiger partial charge in [-0.15, -0.1) is 0 Å². The maximum Gasteiger partial charge on any atom is 0.335 e. The third-order valence-corrected chi connectivity index (χ3v) is 3.05. The van der Waals surface area contributed by atoms with Crippen LogP contribution in [-0.2, 0) is 9.59 Å². The number of hydrogen-bond donors (Lipinski definition) is 3. The zero-order valence-corrected chi connectivity index (χ0v) is 11.8. The molecule has 2 rings (SSSR count). The Kier molecular flexibility index (Phi) is 4.32. The highest BCUT2D eigenvalue weighted by molar-refractivity contribution is 6.40. The SMILES string of the molecule is CCC(=O)C(=O)Nc1ccc(C2=NNC(=O)NC2C)cc1. The Morgan fingerprint density at radius 2 is 1.95 bits per heavy atom. The Bertz CT molecular complexity index is 607. The van der Waals surface area contributed by atoms with E-state index in [0.29, 0.717) is 11.4 Å². The molecule has 1 atom stereocenters. The van der Waals surface area contributed by atoms with Gasteiger partial charge < -0.3 is 10.6 Å². The van der Waals surface area contributed by atoms with Gasteiger partial charge in [0.1, 0.15) is 0 Å². The molecule has 1 aromatic carbocycles. The van der Waals surface area contributed by atoms with Crippen LogP contribution in [0, 0.1) is 0 Å². The van der Waals surface area contributed by atoms with E-state index in [4.69, 9.17) is 0 Å². The number of hydrogen-bond acceptors (Lipinski definition) is 4. The number of nitrogens with one attached hydrogen (secondary N) is 3. The first-order chi connectivity index (χ1) is 10.0. The third kappa shape index (κ3) is 3.44. The van der Waals surface area contributed by atoms with Crippen molar-refractivity contribution in [2.24, 2.45) is 5.10 Å². The van der Waals surface area contributed by atoms with Crippen molar-refractivity contribution in [3.63, 3.8) is 0 Å². The molecule has 0 aromatic heterocycles. The molecule has 0 saturated carbocycles. The molecule has 3 amide bonds. The standard InChI is InChI=1S/C14H16N4O3/c1-3-11(19)13(20)16-10-6-4-9(5-7-10)12-8(2)15-14(21)18-17-12/h4-8H,3H2,1-2H3,(H,16,20)(H2,15,18,21). The van der Waals surface area contributed by atoms with Gasteiger partial charge in [-0.25, -0.2) is 10.2 Å². The quantitative estimate of drug-likeness (QED) is 0.721. The van der Waals surface area contributed by atoms with E-state index in [1.54, 1.807) is 31.2 Å². The molecule has 0 spiro atoms. The molecule has 0 radical (unpaired) electrons. The Balaban J connectivity index is 2.11. The Hall–Kier alpha value is -2.70. The predicted octanol–water partition coefficient (Wildman–Crippen LogP) is 1.01. The van der Waals surface area contributed by atoms with E-state index in [2.05, 4.69) is 21.2 Å². The van der Waals surface area contributed by atoms with Crippen LogP contribution in [0.5, 0.6) is 0 Å². The first-order valence-electron chi connectivity index (χ1n) is 6.60. The molecular weight excluding hydrogens is 272 g/mol. The maximum absolute atomic E-state index is 11.5. The molecule has 0 saturated heterocycles. The van der Waals surface area contributed by atoms with Gasteiger partial charge in [0.2, 0.25) is 5.78 Å². The van der Waals surface area contributed by atoms with Gasteiger partial charge in [0.05, 0.1) is 11.8 Å². The number of hydrazone groups is 1. The molecule has 7 heteroatoms. The van der Waals surface area contributed by atoms with Crippen LogP contribution in [0.1, 0.15) is 25.8 Å². The lowest BCUT2D eigenvalue weighted by Gasteiger charge is -2.21. The smallest absolute Gasteiger partial charge is 0.328 e. The van der Waals surface area contributed by atoms with Gasteiger partial charge in [-0.1, -0.05) is 19.1 Å². The second kappa shape index (κ2) is 6.17. The molecule has 3 N–H and O–H groups in total. The number of urea groups is 1. The molecule has 110 valence electrons. The van der Waals surface area contributed by atoms with Gasteiger partial charge in [0.15, 0.2) is 0 Å². The van der Waals surface area contributed by atoms with Crippen molar-refractivity contribution in [2.45, 2.75) is 26.3 Å². The normalized spacial score (nSPS) is 17.3. The number of carbonyl (C=O) groups excluding carboxylic acids is 3. The molecule has 21 heavy (non-hydrogen) atoms. The first-order valence-corrected chi connectivity index (χ1v) is 6.60. The van der Waals surface area contributed by atoms with Crippen molar-refractivity contribution < 1.29 is 14.4 Å². The fourth-order valence-corrected chi connectivity index (χ4v) is 1.91. The van der Waals surface area contributed by atoms with Gasteiger partial charge in [0.25, 0.3) is 5.91 Å². The van der Waals surface area contributed by atoms with Crippen molar-refractivity contribution in [1.29, 1.82) is 0 Å². The average molecular weight is 288 g/mol. The number of amides is 3. The monoisotopic (exact) mass is 288 g/mol. The molecule has 1 aromatic rings. The van der Waals surface area contributed by atoms with Crippen LogP contribution in [0.25, 0.3) is 0 Å². The van der Waals surface area contributed by atoms with Crippen LogP contribution >= 0.6 is 0 Å². The molecule has 7 nitrogen and oxygen atoms in total. The summed E-state index contributed by atoms with van der Waals surface area (Å²) in [6.07, 6.45) is 0.170. The van der Waals surface area contributed by atoms with Crippen LogP contribution in [0.15, 0.2) is 29.4 Å². The summed E-state index contributed by atoms with van der Waals surface area (Å²) in [5.74, 6) is -1.08. The summed E-state index contributed by atoms with van der Waals surface area (Å²) in [6.45, 7) is 3.46. The molecule has 0 aliphatic carbocycles. The molecule has 1 unspecified atom stereocenters. The van der Waals surface area contributed by atoms with Crippen LogP contribution in [0.3, 0.4) is 0 Å². The minimum atomic E-state index is -0.623. The minimum absolute atomic E-state index is 0.170. The second-order valence-corrected chi connectivity index (χ2v) is 4.61. The van der Waals surface area contributed by atoms with E-state index in [1.807, 2.05) is 6.92 Å². The number of carbonyl (C=O) groups is 3. The van der Waals surface area contributed by atoms with Gasteiger partial charge in [-0.3, -0.25) is 9.59 Å². The Morgan fingerprint density at radius 1 is 1.29 bits per heavy atom. The van der Waals surface area contributed by atoms with Crippen molar-refractivity contribution in [3.05, 3.63) is 29.8 Å². The van der Waals surface area contributed by atoms with Crippen molar-refractivity contribution in [2.75, 3.05) is 5.32 Å². The van der Waals surface area contributed by atoms with E-state index < -0.39 is 11.7 Å². The van der Waals surface area contributed by atoms with E-state index in [1.165, 1.54) is 0 Å².